The number of rotatable bonds is 4. The zero-order valence-electron chi connectivity index (χ0n) is 12.6. The number of fused-ring (bicyclic) bond motifs is 2. The van der Waals surface area contributed by atoms with Gasteiger partial charge in [0.1, 0.15) is 0 Å². The van der Waals surface area contributed by atoms with Gasteiger partial charge in [0.05, 0.1) is 10.7 Å². The summed E-state index contributed by atoms with van der Waals surface area (Å²) in [5.41, 5.74) is 2.25. The largest absolute Gasteiger partial charge is 0.313 e. The lowest BCUT2D eigenvalue weighted by Gasteiger charge is -2.43. The number of nitrogens with one attached hydrogen (secondary N) is 1. The Kier molecular flexibility index (Phi) is 3.25. The molecule has 2 nitrogen and oxygen atoms in total. The van der Waals surface area contributed by atoms with Crippen molar-refractivity contribution >= 4 is 11.3 Å². The van der Waals surface area contributed by atoms with Gasteiger partial charge in [-0.05, 0) is 42.9 Å². The average Bonchev–Trinajstić information content (AvgIpc) is 2.95. The maximum absolute atomic E-state index is 4.55. The minimum atomic E-state index is 0.463. The van der Waals surface area contributed by atoms with Gasteiger partial charge in [0.25, 0.3) is 0 Å². The summed E-state index contributed by atoms with van der Waals surface area (Å²) in [6, 6.07) is 0.679. The van der Waals surface area contributed by atoms with Gasteiger partial charge in [-0.3, -0.25) is 0 Å². The number of thiazole rings is 1. The van der Waals surface area contributed by atoms with Crippen LogP contribution in [0, 0.1) is 23.7 Å². The molecule has 1 unspecified atom stereocenters. The van der Waals surface area contributed by atoms with Crippen molar-refractivity contribution in [1.29, 1.82) is 0 Å². The van der Waals surface area contributed by atoms with E-state index < -0.39 is 0 Å². The summed E-state index contributed by atoms with van der Waals surface area (Å²) >= 11 is 1.76. The molecule has 2 aliphatic rings. The van der Waals surface area contributed by atoms with Crippen LogP contribution >= 0.6 is 11.3 Å². The first-order chi connectivity index (χ1) is 8.92. The summed E-state index contributed by atoms with van der Waals surface area (Å²) in [6.07, 6.45) is 5.34. The SMILES string of the molecule is Cc1nc(CCNC2C(C)(C)[C@H]3CC[C@]2(C)C3)cs1. The van der Waals surface area contributed by atoms with Gasteiger partial charge in [0.15, 0.2) is 0 Å². The number of nitrogens with zero attached hydrogens (tertiary/aromatic N) is 1. The van der Waals surface area contributed by atoms with Crippen LogP contribution in [-0.4, -0.2) is 17.6 Å². The highest BCUT2D eigenvalue weighted by Gasteiger charge is 2.58. The predicted molar refractivity (Wildman–Crippen MR) is 81.6 cm³/mol. The monoisotopic (exact) mass is 278 g/mol. The van der Waals surface area contributed by atoms with E-state index in [1.54, 1.807) is 11.3 Å². The third-order valence-electron chi connectivity index (χ3n) is 5.67. The van der Waals surface area contributed by atoms with E-state index in [9.17, 15) is 0 Å². The highest BCUT2D eigenvalue weighted by atomic mass is 32.1. The molecule has 1 N–H and O–H groups in total. The van der Waals surface area contributed by atoms with Crippen LogP contribution in [0.3, 0.4) is 0 Å². The fraction of sp³-hybridized carbons (Fsp3) is 0.812. The molecule has 2 aliphatic carbocycles. The topological polar surface area (TPSA) is 24.9 Å². The highest BCUT2D eigenvalue weighted by molar-refractivity contribution is 7.09. The lowest BCUT2D eigenvalue weighted by Crippen LogP contribution is -2.50. The lowest BCUT2D eigenvalue weighted by molar-refractivity contribution is 0.110. The Hall–Kier alpha value is -0.410. The second kappa shape index (κ2) is 4.56. The molecule has 0 aliphatic heterocycles. The molecule has 1 aromatic rings. The molecule has 1 aromatic heterocycles. The van der Waals surface area contributed by atoms with Gasteiger partial charge in [-0.15, -0.1) is 11.3 Å². The van der Waals surface area contributed by atoms with E-state index in [0.717, 1.165) is 18.9 Å². The molecule has 2 bridgehead atoms. The van der Waals surface area contributed by atoms with Crippen LogP contribution in [0.1, 0.15) is 50.7 Å². The van der Waals surface area contributed by atoms with Crippen molar-refractivity contribution in [2.24, 2.45) is 16.7 Å². The number of aryl methyl sites for hydroxylation is 1. The van der Waals surface area contributed by atoms with E-state index in [1.807, 2.05) is 0 Å². The molecule has 0 saturated heterocycles. The van der Waals surface area contributed by atoms with Gasteiger partial charge in [0.2, 0.25) is 0 Å². The Bertz CT molecular complexity index is 460. The van der Waals surface area contributed by atoms with E-state index >= 15 is 0 Å². The van der Waals surface area contributed by atoms with Gasteiger partial charge >= 0.3 is 0 Å². The first-order valence-corrected chi connectivity index (χ1v) is 8.44. The quantitative estimate of drug-likeness (QED) is 0.906. The average molecular weight is 278 g/mol. The molecule has 106 valence electrons. The van der Waals surface area contributed by atoms with Crippen molar-refractivity contribution in [3.63, 3.8) is 0 Å². The Morgan fingerprint density at radius 2 is 2.21 bits per heavy atom. The molecular weight excluding hydrogens is 252 g/mol. The Morgan fingerprint density at radius 1 is 1.42 bits per heavy atom. The van der Waals surface area contributed by atoms with Gasteiger partial charge in [-0.1, -0.05) is 20.8 Å². The van der Waals surface area contributed by atoms with Crippen LogP contribution in [0.15, 0.2) is 5.38 Å². The smallest absolute Gasteiger partial charge is 0.0897 e. The molecule has 1 heterocycles. The summed E-state index contributed by atoms with van der Waals surface area (Å²) in [5, 5.41) is 7.25. The van der Waals surface area contributed by atoms with E-state index in [2.05, 4.69) is 43.4 Å². The molecular formula is C16H26N2S. The molecule has 2 fully saturated rings. The fourth-order valence-electron chi connectivity index (χ4n) is 4.68. The van der Waals surface area contributed by atoms with Crippen LogP contribution in [0.4, 0.5) is 0 Å². The molecule has 0 amide bonds. The molecule has 19 heavy (non-hydrogen) atoms. The minimum Gasteiger partial charge on any atom is -0.313 e. The number of hydrogen-bond acceptors (Lipinski definition) is 3. The zero-order valence-corrected chi connectivity index (χ0v) is 13.4. The van der Waals surface area contributed by atoms with Crippen LogP contribution in [-0.2, 0) is 6.42 Å². The van der Waals surface area contributed by atoms with Crippen molar-refractivity contribution in [2.45, 2.75) is 59.4 Å². The second-order valence-electron chi connectivity index (χ2n) is 7.41. The Morgan fingerprint density at radius 3 is 2.79 bits per heavy atom. The molecule has 0 aromatic carbocycles. The fourth-order valence-corrected chi connectivity index (χ4v) is 5.33. The Labute approximate surface area is 121 Å². The summed E-state index contributed by atoms with van der Waals surface area (Å²) in [7, 11) is 0. The molecule has 0 spiro atoms. The van der Waals surface area contributed by atoms with E-state index in [-0.39, 0.29) is 0 Å². The highest BCUT2D eigenvalue weighted by Crippen LogP contribution is 2.62. The summed E-state index contributed by atoms with van der Waals surface area (Å²) in [5.74, 6) is 0.927. The third kappa shape index (κ3) is 2.25. The standard InChI is InChI=1S/C16H26N2S/c1-11-18-13(10-19-11)6-8-17-14-15(2,3)12-5-7-16(14,4)9-12/h10,12,14,17H,5-9H2,1-4H3/t12-,14?,16+/m0/s1. The van der Waals surface area contributed by atoms with Crippen LogP contribution < -0.4 is 5.32 Å². The van der Waals surface area contributed by atoms with E-state index in [1.165, 1.54) is 30.0 Å². The van der Waals surface area contributed by atoms with E-state index in [0.29, 0.717) is 16.9 Å². The molecule has 0 radical (unpaired) electrons. The van der Waals surface area contributed by atoms with Crippen LogP contribution in [0.2, 0.25) is 0 Å². The van der Waals surface area contributed by atoms with Crippen molar-refractivity contribution < 1.29 is 0 Å². The van der Waals surface area contributed by atoms with E-state index in [4.69, 9.17) is 0 Å². The summed E-state index contributed by atoms with van der Waals surface area (Å²) in [6.45, 7) is 10.6. The van der Waals surface area contributed by atoms with Gasteiger partial charge in [-0.25, -0.2) is 4.98 Å². The summed E-state index contributed by atoms with van der Waals surface area (Å²) < 4.78 is 0. The number of aromatic nitrogens is 1. The molecule has 3 atom stereocenters. The number of hydrogen-bond donors (Lipinski definition) is 1. The van der Waals surface area contributed by atoms with Gasteiger partial charge < -0.3 is 5.32 Å². The Balaban J connectivity index is 1.60. The normalized spacial score (nSPS) is 36.0. The maximum atomic E-state index is 4.55. The molecule has 2 saturated carbocycles. The van der Waals surface area contributed by atoms with Crippen LogP contribution in [0.25, 0.3) is 0 Å². The van der Waals surface area contributed by atoms with Crippen molar-refractivity contribution in [3.05, 3.63) is 16.1 Å². The third-order valence-corrected chi connectivity index (χ3v) is 6.49. The lowest BCUT2D eigenvalue weighted by atomic mass is 9.68. The molecule has 3 rings (SSSR count). The minimum absolute atomic E-state index is 0.463. The maximum Gasteiger partial charge on any atom is 0.0897 e. The van der Waals surface area contributed by atoms with Gasteiger partial charge in [-0.2, -0.15) is 0 Å². The summed E-state index contributed by atoms with van der Waals surface area (Å²) in [4.78, 5) is 4.55. The van der Waals surface area contributed by atoms with Crippen molar-refractivity contribution in [3.8, 4) is 0 Å². The second-order valence-corrected chi connectivity index (χ2v) is 8.47. The van der Waals surface area contributed by atoms with Crippen LogP contribution in [0.5, 0.6) is 0 Å². The van der Waals surface area contributed by atoms with Crippen molar-refractivity contribution in [2.75, 3.05) is 6.54 Å². The molecule has 3 heteroatoms. The van der Waals surface area contributed by atoms with Crippen molar-refractivity contribution in [1.82, 2.24) is 10.3 Å². The first kappa shape index (κ1) is 13.6. The van der Waals surface area contributed by atoms with Gasteiger partial charge in [0, 0.05) is 24.4 Å². The predicted octanol–water partition coefficient (Wildman–Crippen LogP) is 3.80. The first-order valence-electron chi connectivity index (χ1n) is 7.56. The zero-order chi connectivity index (χ0) is 13.7.